The first-order chi connectivity index (χ1) is 12.7. The second-order valence-electron chi connectivity index (χ2n) is 6.07. The van der Waals surface area contributed by atoms with E-state index >= 15 is 0 Å². The lowest BCUT2D eigenvalue weighted by Crippen LogP contribution is -2.11. The number of rotatable bonds is 7. The van der Waals surface area contributed by atoms with Crippen molar-refractivity contribution in [2.45, 2.75) is 26.7 Å². The Morgan fingerprint density at radius 2 is 1.23 bits per heavy atom. The summed E-state index contributed by atoms with van der Waals surface area (Å²) in [6.07, 6.45) is 5.04. The highest BCUT2D eigenvalue weighted by molar-refractivity contribution is 5.45. The second-order valence-corrected chi connectivity index (χ2v) is 6.07. The molecule has 4 heterocycles. The van der Waals surface area contributed by atoms with Gasteiger partial charge in [0.1, 0.15) is 24.3 Å². The number of anilines is 2. The first kappa shape index (κ1) is 16.2. The highest BCUT2D eigenvalue weighted by Crippen LogP contribution is 2.11. The van der Waals surface area contributed by atoms with Crippen molar-refractivity contribution < 1.29 is 0 Å². The predicted molar refractivity (Wildman–Crippen MR) is 97.3 cm³/mol. The van der Waals surface area contributed by atoms with E-state index < -0.39 is 0 Å². The maximum Gasteiger partial charge on any atom is 0.254 e. The lowest BCUT2D eigenvalue weighted by atomic mass is 10.3. The van der Waals surface area contributed by atoms with E-state index in [1.165, 1.54) is 12.7 Å². The summed E-state index contributed by atoms with van der Waals surface area (Å²) in [5.41, 5.74) is 1.83. The van der Waals surface area contributed by atoms with E-state index in [0.717, 1.165) is 49.0 Å². The predicted octanol–water partition coefficient (Wildman–Crippen LogP) is 1.48. The normalized spacial score (nSPS) is 11.3. The molecule has 4 rings (SSSR count). The molecule has 10 heteroatoms. The fourth-order valence-electron chi connectivity index (χ4n) is 2.80. The number of hydrogen-bond donors (Lipinski definition) is 2. The van der Waals surface area contributed by atoms with Crippen LogP contribution in [0.25, 0.3) is 11.6 Å². The number of nitrogens with one attached hydrogen (secondary N) is 2. The zero-order chi connectivity index (χ0) is 17.9. The van der Waals surface area contributed by atoms with E-state index in [0.29, 0.717) is 11.6 Å². The molecule has 0 radical (unpaired) electrons. The fourth-order valence-corrected chi connectivity index (χ4v) is 2.80. The highest BCUT2D eigenvalue weighted by atomic mass is 15.4. The molecule has 26 heavy (non-hydrogen) atoms. The van der Waals surface area contributed by atoms with Crippen molar-refractivity contribution in [3.63, 3.8) is 0 Å². The SMILES string of the molecule is Cc1cc(NCCCCNc2cc(C)nc3ncnn23)n2ncnc2n1. The molecule has 4 aromatic rings. The van der Waals surface area contributed by atoms with E-state index in [2.05, 4.69) is 40.8 Å². The summed E-state index contributed by atoms with van der Waals surface area (Å²) in [6, 6.07) is 3.95. The van der Waals surface area contributed by atoms with Crippen molar-refractivity contribution in [3.8, 4) is 0 Å². The van der Waals surface area contributed by atoms with E-state index in [4.69, 9.17) is 0 Å². The van der Waals surface area contributed by atoms with Gasteiger partial charge in [-0.25, -0.2) is 9.97 Å². The molecule has 0 atom stereocenters. The number of aromatic nitrogens is 8. The van der Waals surface area contributed by atoms with Crippen LogP contribution >= 0.6 is 0 Å². The summed E-state index contributed by atoms with van der Waals surface area (Å²) in [6.45, 7) is 5.58. The third-order valence-electron chi connectivity index (χ3n) is 3.98. The Labute approximate surface area is 149 Å². The van der Waals surface area contributed by atoms with Gasteiger partial charge in [0.15, 0.2) is 0 Å². The number of hydrogen-bond acceptors (Lipinski definition) is 8. The van der Waals surface area contributed by atoms with Crippen LogP contribution < -0.4 is 10.6 Å². The third kappa shape index (κ3) is 3.25. The van der Waals surface area contributed by atoms with Gasteiger partial charge in [0.05, 0.1) is 0 Å². The maximum atomic E-state index is 4.34. The molecule has 10 nitrogen and oxygen atoms in total. The molecule has 134 valence electrons. The first-order valence-electron chi connectivity index (χ1n) is 8.53. The molecule has 0 unspecified atom stereocenters. The van der Waals surface area contributed by atoms with Crippen LogP contribution in [-0.4, -0.2) is 52.3 Å². The molecule has 0 bridgehead atoms. The van der Waals surface area contributed by atoms with Crippen LogP contribution in [0.15, 0.2) is 24.8 Å². The van der Waals surface area contributed by atoms with Crippen LogP contribution in [-0.2, 0) is 0 Å². The number of unbranched alkanes of at least 4 members (excludes halogenated alkanes) is 1. The number of fused-ring (bicyclic) bond motifs is 2. The van der Waals surface area contributed by atoms with Gasteiger partial charge in [0.2, 0.25) is 0 Å². The zero-order valence-electron chi connectivity index (χ0n) is 14.7. The second kappa shape index (κ2) is 6.90. The molecule has 2 N–H and O–H groups in total. The summed E-state index contributed by atoms with van der Waals surface area (Å²) >= 11 is 0. The summed E-state index contributed by atoms with van der Waals surface area (Å²) in [5, 5.41) is 15.2. The van der Waals surface area contributed by atoms with Crippen molar-refractivity contribution in [1.82, 2.24) is 39.2 Å². The van der Waals surface area contributed by atoms with Gasteiger partial charge < -0.3 is 10.6 Å². The molecule has 0 aliphatic carbocycles. The lowest BCUT2D eigenvalue weighted by Gasteiger charge is -2.10. The zero-order valence-corrected chi connectivity index (χ0v) is 14.7. The highest BCUT2D eigenvalue weighted by Gasteiger charge is 2.06. The van der Waals surface area contributed by atoms with Crippen LogP contribution in [0.1, 0.15) is 24.2 Å². The van der Waals surface area contributed by atoms with Gasteiger partial charge in [-0.15, -0.1) is 0 Å². The average molecular weight is 352 g/mol. The van der Waals surface area contributed by atoms with Crippen molar-refractivity contribution in [2.24, 2.45) is 0 Å². The maximum absolute atomic E-state index is 4.34. The van der Waals surface area contributed by atoms with Crippen LogP contribution in [0.3, 0.4) is 0 Å². The molecule has 0 amide bonds. The largest absolute Gasteiger partial charge is 0.370 e. The quantitative estimate of drug-likeness (QED) is 0.481. The first-order valence-corrected chi connectivity index (χ1v) is 8.53. The minimum Gasteiger partial charge on any atom is -0.370 e. The summed E-state index contributed by atoms with van der Waals surface area (Å²) in [4.78, 5) is 16.9. The fraction of sp³-hybridized carbons (Fsp3) is 0.375. The standard InChI is InChI=1S/C16H20N10/c1-11-7-13(25-15(23-11)19-9-21-25)17-5-3-4-6-18-14-8-12(2)24-16-20-10-22-26(14)16/h7-10,17-18H,3-6H2,1-2H3. The third-order valence-corrected chi connectivity index (χ3v) is 3.98. The van der Waals surface area contributed by atoms with Gasteiger partial charge in [-0.1, -0.05) is 0 Å². The molecule has 4 aromatic heterocycles. The minimum absolute atomic E-state index is 0.610. The van der Waals surface area contributed by atoms with E-state index in [1.807, 2.05) is 26.0 Å². The molecule has 0 aliphatic rings. The van der Waals surface area contributed by atoms with Gasteiger partial charge in [0.25, 0.3) is 11.6 Å². The van der Waals surface area contributed by atoms with Gasteiger partial charge in [-0.3, -0.25) is 0 Å². The molecule has 0 aliphatic heterocycles. The van der Waals surface area contributed by atoms with Gasteiger partial charge in [-0.05, 0) is 26.7 Å². The Hall–Kier alpha value is -3.30. The van der Waals surface area contributed by atoms with Crippen LogP contribution in [0.2, 0.25) is 0 Å². The topological polar surface area (TPSA) is 110 Å². The van der Waals surface area contributed by atoms with E-state index in [-0.39, 0.29) is 0 Å². The van der Waals surface area contributed by atoms with Crippen molar-refractivity contribution in [1.29, 1.82) is 0 Å². The van der Waals surface area contributed by atoms with Gasteiger partial charge in [-0.2, -0.15) is 29.2 Å². The molecular formula is C16H20N10. The molecule has 0 saturated carbocycles. The molecule has 0 saturated heterocycles. The van der Waals surface area contributed by atoms with Gasteiger partial charge in [0, 0.05) is 36.6 Å². The lowest BCUT2D eigenvalue weighted by molar-refractivity contribution is 0.779. The van der Waals surface area contributed by atoms with Crippen LogP contribution in [0, 0.1) is 13.8 Å². The van der Waals surface area contributed by atoms with E-state index in [9.17, 15) is 0 Å². The van der Waals surface area contributed by atoms with Crippen molar-refractivity contribution >= 4 is 23.2 Å². The molecule has 0 spiro atoms. The Kier molecular flexibility index (Phi) is 4.30. The summed E-state index contributed by atoms with van der Waals surface area (Å²) in [5.74, 6) is 3.04. The number of aryl methyl sites for hydroxylation is 2. The van der Waals surface area contributed by atoms with Crippen LogP contribution in [0.4, 0.5) is 11.6 Å². The smallest absolute Gasteiger partial charge is 0.254 e. The Bertz CT molecular complexity index is 950. The van der Waals surface area contributed by atoms with Gasteiger partial charge >= 0.3 is 0 Å². The Morgan fingerprint density at radius 1 is 0.769 bits per heavy atom. The van der Waals surface area contributed by atoms with Crippen molar-refractivity contribution in [2.75, 3.05) is 23.7 Å². The van der Waals surface area contributed by atoms with Crippen LogP contribution in [0.5, 0.6) is 0 Å². The Morgan fingerprint density at radius 3 is 1.69 bits per heavy atom. The van der Waals surface area contributed by atoms with Crippen molar-refractivity contribution in [3.05, 3.63) is 36.2 Å². The molecular weight excluding hydrogens is 332 g/mol. The average Bonchev–Trinajstić information content (AvgIpc) is 3.26. The monoisotopic (exact) mass is 352 g/mol. The summed E-state index contributed by atoms with van der Waals surface area (Å²) in [7, 11) is 0. The summed E-state index contributed by atoms with van der Waals surface area (Å²) < 4.78 is 3.43. The minimum atomic E-state index is 0.610. The number of nitrogens with zero attached hydrogens (tertiary/aromatic N) is 8. The molecule has 0 aromatic carbocycles. The van der Waals surface area contributed by atoms with E-state index in [1.54, 1.807) is 9.03 Å². The Balaban J connectivity index is 1.29. The molecule has 0 fully saturated rings.